The number of hydrogen-bond acceptors (Lipinski definition) is 3. The van der Waals surface area contributed by atoms with Gasteiger partial charge in [-0.2, -0.15) is 0 Å². The van der Waals surface area contributed by atoms with Crippen molar-refractivity contribution in [1.29, 1.82) is 0 Å². The van der Waals surface area contributed by atoms with Gasteiger partial charge >= 0.3 is 0 Å². The van der Waals surface area contributed by atoms with Crippen LogP contribution in [0.1, 0.15) is 25.3 Å². The van der Waals surface area contributed by atoms with Gasteiger partial charge in [-0.1, -0.05) is 22.0 Å². The van der Waals surface area contributed by atoms with Gasteiger partial charge < -0.3 is 20.3 Å². The number of benzene rings is 1. The zero-order valence-corrected chi connectivity index (χ0v) is 16.7. The second-order valence-corrected chi connectivity index (χ2v) is 6.97. The second kappa shape index (κ2) is 9.77. The molecule has 25 heavy (non-hydrogen) atoms. The number of amides is 1. The fourth-order valence-corrected chi connectivity index (χ4v) is 3.25. The number of aliphatic imine (C=N–C) groups is 1. The molecule has 1 aliphatic rings. The van der Waals surface area contributed by atoms with E-state index in [1.807, 2.05) is 32.0 Å². The SMILES string of the molecule is CCOC1CCN(C(=NC)NCC(=O)Nc2cc(Br)ccc2C)CC1. The van der Waals surface area contributed by atoms with Crippen LogP contribution in [0.25, 0.3) is 0 Å². The van der Waals surface area contributed by atoms with E-state index >= 15 is 0 Å². The summed E-state index contributed by atoms with van der Waals surface area (Å²) >= 11 is 3.42. The summed E-state index contributed by atoms with van der Waals surface area (Å²) in [4.78, 5) is 18.7. The number of aryl methyl sites for hydroxylation is 1. The Hall–Kier alpha value is -1.60. The molecule has 1 aromatic carbocycles. The predicted molar refractivity (Wildman–Crippen MR) is 105 cm³/mol. The summed E-state index contributed by atoms with van der Waals surface area (Å²) in [5, 5.41) is 6.08. The van der Waals surface area contributed by atoms with Crippen molar-refractivity contribution in [3.8, 4) is 0 Å². The van der Waals surface area contributed by atoms with Crippen molar-refractivity contribution in [2.75, 3.05) is 38.6 Å². The Kier molecular flexibility index (Phi) is 7.71. The highest BCUT2D eigenvalue weighted by molar-refractivity contribution is 9.10. The number of piperidine rings is 1. The molecule has 138 valence electrons. The molecule has 2 rings (SSSR count). The first kappa shape index (κ1) is 19.7. The lowest BCUT2D eigenvalue weighted by atomic mass is 10.1. The smallest absolute Gasteiger partial charge is 0.243 e. The molecule has 1 saturated heterocycles. The number of rotatable bonds is 5. The van der Waals surface area contributed by atoms with E-state index in [2.05, 4.69) is 36.5 Å². The predicted octanol–water partition coefficient (Wildman–Crippen LogP) is 2.77. The highest BCUT2D eigenvalue weighted by Crippen LogP contribution is 2.20. The molecule has 0 aromatic heterocycles. The van der Waals surface area contributed by atoms with Crippen LogP contribution in [-0.4, -0.2) is 56.2 Å². The van der Waals surface area contributed by atoms with Crippen LogP contribution in [0.3, 0.4) is 0 Å². The Labute approximate surface area is 158 Å². The Balaban J connectivity index is 1.82. The molecule has 1 aromatic rings. The standard InChI is InChI=1S/C18H27BrN4O2/c1-4-25-15-7-9-23(10-8-15)18(20-3)21-12-17(24)22-16-11-14(19)6-5-13(16)2/h5-6,11,15H,4,7-10,12H2,1-3H3,(H,20,21)(H,22,24). The summed E-state index contributed by atoms with van der Waals surface area (Å²) < 4.78 is 6.61. The van der Waals surface area contributed by atoms with Gasteiger partial charge in [0.15, 0.2) is 5.96 Å². The Bertz CT molecular complexity index is 613. The van der Waals surface area contributed by atoms with Gasteiger partial charge in [0, 0.05) is 36.9 Å². The molecule has 1 heterocycles. The number of ether oxygens (including phenoxy) is 1. The van der Waals surface area contributed by atoms with E-state index in [4.69, 9.17) is 4.74 Å². The van der Waals surface area contributed by atoms with E-state index in [9.17, 15) is 4.79 Å². The largest absolute Gasteiger partial charge is 0.378 e. The fraction of sp³-hybridized carbons (Fsp3) is 0.556. The molecule has 7 heteroatoms. The average Bonchev–Trinajstić information content (AvgIpc) is 2.60. The molecule has 0 radical (unpaired) electrons. The maximum Gasteiger partial charge on any atom is 0.243 e. The lowest BCUT2D eigenvalue weighted by Crippen LogP contribution is -2.48. The molecule has 0 aliphatic carbocycles. The summed E-state index contributed by atoms with van der Waals surface area (Å²) in [6.07, 6.45) is 2.30. The molecule has 0 unspecified atom stereocenters. The Morgan fingerprint density at radius 2 is 2.12 bits per heavy atom. The number of guanidine groups is 1. The van der Waals surface area contributed by atoms with Gasteiger partial charge in [0.2, 0.25) is 5.91 Å². The van der Waals surface area contributed by atoms with Gasteiger partial charge in [0.25, 0.3) is 0 Å². The summed E-state index contributed by atoms with van der Waals surface area (Å²) in [6, 6.07) is 5.83. The van der Waals surface area contributed by atoms with Crippen LogP contribution >= 0.6 is 15.9 Å². The van der Waals surface area contributed by atoms with E-state index in [0.717, 1.165) is 54.2 Å². The number of carbonyl (C=O) groups excluding carboxylic acids is 1. The summed E-state index contributed by atoms with van der Waals surface area (Å²) in [7, 11) is 1.74. The number of anilines is 1. The fourth-order valence-electron chi connectivity index (χ4n) is 2.88. The normalized spacial score (nSPS) is 16.0. The van der Waals surface area contributed by atoms with E-state index in [0.29, 0.717) is 6.10 Å². The molecule has 1 amide bonds. The molecule has 0 atom stereocenters. The van der Waals surface area contributed by atoms with Crippen molar-refractivity contribution < 1.29 is 9.53 Å². The van der Waals surface area contributed by atoms with Gasteiger partial charge in [-0.15, -0.1) is 0 Å². The minimum Gasteiger partial charge on any atom is -0.378 e. The van der Waals surface area contributed by atoms with Gasteiger partial charge in [-0.05, 0) is 44.4 Å². The molecule has 6 nitrogen and oxygen atoms in total. The molecular weight excluding hydrogens is 384 g/mol. The van der Waals surface area contributed by atoms with Gasteiger partial charge in [0.1, 0.15) is 0 Å². The second-order valence-electron chi connectivity index (χ2n) is 6.05. The van der Waals surface area contributed by atoms with Crippen molar-refractivity contribution in [2.45, 2.75) is 32.8 Å². The maximum absolute atomic E-state index is 12.2. The molecule has 1 fully saturated rings. The molecule has 1 aliphatic heterocycles. The van der Waals surface area contributed by atoms with E-state index in [1.165, 1.54) is 0 Å². The van der Waals surface area contributed by atoms with Crippen molar-refractivity contribution >= 4 is 33.5 Å². The molecular formula is C18H27BrN4O2. The van der Waals surface area contributed by atoms with E-state index in [1.54, 1.807) is 7.05 Å². The third-order valence-electron chi connectivity index (χ3n) is 4.24. The minimum absolute atomic E-state index is 0.0912. The Morgan fingerprint density at radius 1 is 1.40 bits per heavy atom. The van der Waals surface area contributed by atoms with Crippen LogP contribution in [-0.2, 0) is 9.53 Å². The Morgan fingerprint density at radius 3 is 2.76 bits per heavy atom. The first-order chi connectivity index (χ1) is 12.0. The first-order valence-electron chi connectivity index (χ1n) is 8.66. The summed E-state index contributed by atoms with van der Waals surface area (Å²) in [5.41, 5.74) is 1.84. The van der Waals surface area contributed by atoms with Crippen molar-refractivity contribution in [3.63, 3.8) is 0 Å². The highest BCUT2D eigenvalue weighted by atomic mass is 79.9. The first-order valence-corrected chi connectivity index (χ1v) is 9.46. The van der Waals surface area contributed by atoms with E-state index < -0.39 is 0 Å². The zero-order chi connectivity index (χ0) is 18.2. The topological polar surface area (TPSA) is 66.0 Å². The lowest BCUT2D eigenvalue weighted by Gasteiger charge is -2.33. The number of nitrogens with one attached hydrogen (secondary N) is 2. The number of hydrogen-bond donors (Lipinski definition) is 2. The van der Waals surface area contributed by atoms with E-state index in [-0.39, 0.29) is 12.5 Å². The van der Waals surface area contributed by atoms with Crippen LogP contribution in [0.15, 0.2) is 27.7 Å². The van der Waals surface area contributed by atoms with Gasteiger partial charge in [0.05, 0.1) is 12.6 Å². The molecule has 0 spiro atoms. The number of likely N-dealkylation sites (tertiary alicyclic amines) is 1. The van der Waals surface area contributed by atoms with Crippen molar-refractivity contribution in [3.05, 3.63) is 28.2 Å². The van der Waals surface area contributed by atoms with Crippen LogP contribution in [0.2, 0.25) is 0 Å². The van der Waals surface area contributed by atoms with Gasteiger partial charge in [-0.25, -0.2) is 0 Å². The average molecular weight is 411 g/mol. The molecule has 0 saturated carbocycles. The summed E-state index contributed by atoms with van der Waals surface area (Å²) in [5.74, 6) is 0.669. The third-order valence-corrected chi connectivity index (χ3v) is 4.73. The highest BCUT2D eigenvalue weighted by Gasteiger charge is 2.21. The zero-order valence-electron chi connectivity index (χ0n) is 15.1. The number of halogens is 1. The molecule has 2 N–H and O–H groups in total. The third kappa shape index (κ3) is 6.01. The van der Waals surface area contributed by atoms with Crippen LogP contribution < -0.4 is 10.6 Å². The van der Waals surface area contributed by atoms with Crippen LogP contribution in [0.5, 0.6) is 0 Å². The maximum atomic E-state index is 12.2. The quantitative estimate of drug-likeness (QED) is 0.578. The van der Waals surface area contributed by atoms with Crippen molar-refractivity contribution in [2.24, 2.45) is 4.99 Å². The number of carbonyl (C=O) groups is 1. The number of nitrogens with zero attached hydrogens (tertiary/aromatic N) is 2. The van der Waals surface area contributed by atoms with Gasteiger partial charge in [-0.3, -0.25) is 9.79 Å². The monoisotopic (exact) mass is 410 g/mol. The van der Waals surface area contributed by atoms with Crippen molar-refractivity contribution in [1.82, 2.24) is 10.2 Å². The molecule has 0 bridgehead atoms. The minimum atomic E-state index is -0.0912. The van der Waals surface area contributed by atoms with Crippen LogP contribution in [0.4, 0.5) is 5.69 Å². The summed E-state index contributed by atoms with van der Waals surface area (Å²) in [6.45, 7) is 6.71. The lowest BCUT2D eigenvalue weighted by molar-refractivity contribution is -0.115. The van der Waals surface area contributed by atoms with Crippen LogP contribution in [0, 0.1) is 6.92 Å².